The lowest BCUT2D eigenvalue weighted by molar-refractivity contribution is -0.186. The van der Waals surface area contributed by atoms with Gasteiger partial charge in [-0.3, -0.25) is 4.98 Å². The highest BCUT2D eigenvalue weighted by Crippen LogP contribution is 2.15. The van der Waals surface area contributed by atoms with Crippen LogP contribution in [-0.2, 0) is 10.1 Å². The summed E-state index contributed by atoms with van der Waals surface area (Å²) < 4.78 is 44.2. The fourth-order valence-corrected chi connectivity index (χ4v) is 1.17. The van der Waals surface area contributed by atoms with Crippen molar-refractivity contribution in [1.29, 1.82) is 0 Å². The van der Waals surface area contributed by atoms with Gasteiger partial charge >= 0.3 is 6.18 Å². The number of halogens is 4. The van der Waals surface area contributed by atoms with Gasteiger partial charge in [0.05, 0.1) is 11.9 Å². The molecule has 0 N–H and O–H groups in total. The maximum absolute atomic E-state index is 11.7. The molecule has 7 heteroatoms. The first kappa shape index (κ1) is 13.2. The van der Waals surface area contributed by atoms with Crippen molar-refractivity contribution in [3.63, 3.8) is 0 Å². The van der Waals surface area contributed by atoms with Crippen molar-refractivity contribution >= 4 is 15.9 Å². The minimum atomic E-state index is -4.33. The van der Waals surface area contributed by atoms with Crippen molar-refractivity contribution in [1.82, 2.24) is 4.98 Å². The Morgan fingerprint density at radius 1 is 1.31 bits per heavy atom. The predicted octanol–water partition coefficient (Wildman–Crippen LogP) is 2.89. The zero-order valence-corrected chi connectivity index (χ0v) is 9.71. The molecule has 1 aromatic rings. The third-order valence-electron chi connectivity index (χ3n) is 1.51. The van der Waals surface area contributed by atoms with E-state index in [9.17, 15) is 13.2 Å². The van der Waals surface area contributed by atoms with E-state index in [1.54, 1.807) is 12.1 Å². The Morgan fingerprint density at radius 3 is 2.56 bits per heavy atom. The van der Waals surface area contributed by atoms with Gasteiger partial charge in [-0.25, -0.2) is 0 Å². The van der Waals surface area contributed by atoms with Crippen molar-refractivity contribution < 1.29 is 22.6 Å². The van der Waals surface area contributed by atoms with Gasteiger partial charge in [0, 0.05) is 5.33 Å². The number of nitrogens with zero attached hydrogens (tertiary/aromatic N) is 1. The lowest BCUT2D eigenvalue weighted by Gasteiger charge is -2.09. The molecular weight excluding hydrogens is 291 g/mol. The molecule has 0 saturated carbocycles. The SMILES string of the molecule is FC(F)(F)COCOc1ccc(CBr)nc1. The minimum absolute atomic E-state index is 0.367. The van der Waals surface area contributed by atoms with Crippen LogP contribution in [0.1, 0.15) is 5.69 Å². The molecule has 90 valence electrons. The van der Waals surface area contributed by atoms with E-state index in [-0.39, 0.29) is 0 Å². The van der Waals surface area contributed by atoms with E-state index in [1.165, 1.54) is 6.20 Å². The summed E-state index contributed by atoms with van der Waals surface area (Å²) >= 11 is 3.21. The van der Waals surface area contributed by atoms with Crippen LogP contribution in [0.5, 0.6) is 5.75 Å². The summed E-state index contributed by atoms with van der Waals surface area (Å²) in [6.07, 6.45) is -2.91. The van der Waals surface area contributed by atoms with Crippen LogP contribution in [0.25, 0.3) is 0 Å². The topological polar surface area (TPSA) is 31.4 Å². The minimum Gasteiger partial charge on any atom is -0.466 e. The van der Waals surface area contributed by atoms with Gasteiger partial charge in [0.25, 0.3) is 0 Å². The van der Waals surface area contributed by atoms with E-state index < -0.39 is 19.6 Å². The summed E-state index contributed by atoms with van der Waals surface area (Å²) in [7, 11) is 0. The molecule has 0 aromatic carbocycles. The van der Waals surface area contributed by atoms with Crippen LogP contribution >= 0.6 is 15.9 Å². The largest absolute Gasteiger partial charge is 0.466 e. The van der Waals surface area contributed by atoms with E-state index in [0.717, 1.165) is 5.69 Å². The fourth-order valence-electron chi connectivity index (χ4n) is 0.842. The number of ether oxygens (including phenoxy) is 2. The molecule has 0 amide bonds. The summed E-state index contributed by atoms with van der Waals surface area (Å²) in [5.74, 6) is 0.367. The maximum atomic E-state index is 11.7. The average Bonchev–Trinajstić information content (AvgIpc) is 2.24. The Morgan fingerprint density at radius 2 is 2.06 bits per heavy atom. The molecule has 0 spiro atoms. The van der Waals surface area contributed by atoms with Gasteiger partial charge < -0.3 is 9.47 Å². The second-order valence-electron chi connectivity index (χ2n) is 2.84. The Balaban J connectivity index is 2.27. The molecule has 0 aliphatic rings. The molecule has 0 atom stereocenters. The highest BCUT2D eigenvalue weighted by molar-refractivity contribution is 9.08. The molecule has 0 aliphatic heterocycles. The first-order chi connectivity index (χ1) is 7.51. The van der Waals surface area contributed by atoms with Gasteiger partial charge in [-0.1, -0.05) is 15.9 Å². The maximum Gasteiger partial charge on any atom is 0.411 e. The van der Waals surface area contributed by atoms with Crippen molar-refractivity contribution in [2.24, 2.45) is 0 Å². The Kier molecular flexibility index (Phi) is 5.01. The van der Waals surface area contributed by atoms with Gasteiger partial charge in [0.1, 0.15) is 12.4 Å². The summed E-state index contributed by atoms with van der Waals surface area (Å²) in [4.78, 5) is 3.98. The van der Waals surface area contributed by atoms with Gasteiger partial charge in [-0.2, -0.15) is 13.2 Å². The van der Waals surface area contributed by atoms with Gasteiger partial charge in [-0.15, -0.1) is 0 Å². The zero-order chi connectivity index (χ0) is 12.0. The normalized spacial score (nSPS) is 11.5. The van der Waals surface area contributed by atoms with Crippen LogP contribution in [0, 0.1) is 0 Å². The van der Waals surface area contributed by atoms with E-state index in [4.69, 9.17) is 4.74 Å². The number of hydrogen-bond donors (Lipinski definition) is 0. The van der Waals surface area contributed by atoms with Crippen LogP contribution in [0.15, 0.2) is 18.3 Å². The van der Waals surface area contributed by atoms with Crippen LogP contribution in [0.4, 0.5) is 13.2 Å². The van der Waals surface area contributed by atoms with Crippen LogP contribution < -0.4 is 4.74 Å². The number of pyridine rings is 1. The van der Waals surface area contributed by atoms with Crippen molar-refractivity contribution in [2.45, 2.75) is 11.5 Å². The third kappa shape index (κ3) is 5.32. The van der Waals surface area contributed by atoms with Crippen LogP contribution in [-0.4, -0.2) is 24.6 Å². The van der Waals surface area contributed by atoms with Crippen molar-refractivity contribution in [3.8, 4) is 5.75 Å². The first-order valence-electron chi connectivity index (χ1n) is 4.29. The fraction of sp³-hybridized carbons (Fsp3) is 0.444. The Bertz CT molecular complexity index is 316. The molecule has 0 saturated heterocycles. The number of alkyl halides is 4. The highest BCUT2D eigenvalue weighted by atomic mass is 79.9. The molecule has 16 heavy (non-hydrogen) atoms. The van der Waals surface area contributed by atoms with E-state index in [0.29, 0.717) is 11.1 Å². The number of hydrogen-bond acceptors (Lipinski definition) is 3. The monoisotopic (exact) mass is 299 g/mol. The first-order valence-corrected chi connectivity index (χ1v) is 5.41. The van der Waals surface area contributed by atoms with Crippen molar-refractivity contribution in [3.05, 3.63) is 24.0 Å². The molecule has 0 bridgehead atoms. The average molecular weight is 300 g/mol. The lowest BCUT2D eigenvalue weighted by Crippen LogP contribution is -2.19. The van der Waals surface area contributed by atoms with Gasteiger partial charge in [-0.05, 0) is 12.1 Å². The number of rotatable bonds is 5. The molecule has 0 radical (unpaired) electrons. The molecule has 0 aliphatic carbocycles. The van der Waals surface area contributed by atoms with Gasteiger partial charge in [0.2, 0.25) is 0 Å². The van der Waals surface area contributed by atoms with Crippen LogP contribution in [0.3, 0.4) is 0 Å². The number of aromatic nitrogens is 1. The molecule has 1 aromatic heterocycles. The summed E-state index contributed by atoms with van der Waals surface area (Å²) in [6.45, 7) is -1.77. The predicted molar refractivity (Wildman–Crippen MR) is 54.4 cm³/mol. The Labute approximate surface area is 98.7 Å². The smallest absolute Gasteiger partial charge is 0.411 e. The third-order valence-corrected chi connectivity index (χ3v) is 2.08. The quantitative estimate of drug-likeness (QED) is 0.476. The second-order valence-corrected chi connectivity index (χ2v) is 3.41. The summed E-state index contributed by atoms with van der Waals surface area (Å²) in [5.41, 5.74) is 0.809. The molecule has 1 rings (SSSR count). The summed E-state index contributed by atoms with van der Waals surface area (Å²) in [5, 5.41) is 0.609. The van der Waals surface area contributed by atoms with E-state index >= 15 is 0 Å². The zero-order valence-electron chi connectivity index (χ0n) is 8.13. The Hall–Kier alpha value is -0.820. The van der Waals surface area contributed by atoms with Crippen molar-refractivity contribution in [2.75, 3.05) is 13.4 Å². The molecule has 0 unspecified atom stereocenters. The standard InChI is InChI=1S/C9H9BrF3NO2/c10-3-7-1-2-8(4-14-7)16-6-15-5-9(11,12)13/h1-2,4H,3,5-6H2. The molecule has 3 nitrogen and oxygen atoms in total. The molecular formula is C9H9BrF3NO2. The lowest BCUT2D eigenvalue weighted by atomic mass is 10.4. The van der Waals surface area contributed by atoms with E-state index in [1.807, 2.05) is 0 Å². The molecule has 0 fully saturated rings. The highest BCUT2D eigenvalue weighted by Gasteiger charge is 2.27. The molecule has 1 heterocycles. The second kappa shape index (κ2) is 6.05. The van der Waals surface area contributed by atoms with Crippen LogP contribution in [0.2, 0.25) is 0 Å². The van der Waals surface area contributed by atoms with Gasteiger partial charge in [0.15, 0.2) is 6.79 Å². The summed E-state index contributed by atoms with van der Waals surface area (Å²) in [6, 6.07) is 3.31. The van der Waals surface area contributed by atoms with E-state index in [2.05, 4.69) is 25.7 Å².